The van der Waals surface area contributed by atoms with E-state index in [0.717, 1.165) is 33.7 Å². The van der Waals surface area contributed by atoms with Crippen molar-refractivity contribution in [2.24, 2.45) is 0 Å². The second kappa shape index (κ2) is 8.97. The lowest BCUT2D eigenvalue weighted by Gasteiger charge is -2.14. The number of fused-ring (bicyclic) bond motifs is 1. The van der Waals surface area contributed by atoms with Crippen molar-refractivity contribution in [1.82, 2.24) is 4.98 Å². The topological polar surface area (TPSA) is 69.4 Å². The monoisotopic (exact) mass is 385 g/mol. The maximum Gasteiger partial charge on any atom is 0.122 e. The highest BCUT2D eigenvalue weighted by atomic mass is 16.5. The molecule has 146 valence electrons. The Morgan fingerprint density at radius 2 is 1.59 bits per heavy atom. The summed E-state index contributed by atoms with van der Waals surface area (Å²) >= 11 is 0. The van der Waals surface area contributed by atoms with Crippen LogP contribution < -0.4 is 20.5 Å². The molecule has 0 amide bonds. The molecular formula is C24H23N3O2. The van der Waals surface area contributed by atoms with Gasteiger partial charge in [-0.25, -0.2) is 0 Å². The van der Waals surface area contributed by atoms with Gasteiger partial charge in [-0.15, -0.1) is 0 Å². The molecule has 0 unspecified atom stereocenters. The van der Waals surface area contributed by atoms with Gasteiger partial charge in [0.25, 0.3) is 0 Å². The van der Waals surface area contributed by atoms with Crippen LogP contribution in [0.3, 0.4) is 0 Å². The maximum atomic E-state index is 6.16. The number of anilines is 2. The van der Waals surface area contributed by atoms with Crippen LogP contribution in [0.15, 0.2) is 85.1 Å². The van der Waals surface area contributed by atoms with Crippen LogP contribution in [0.1, 0.15) is 5.56 Å². The zero-order valence-corrected chi connectivity index (χ0v) is 16.0. The number of nitrogens with one attached hydrogen (secondary N) is 1. The van der Waals surface area contributed by atoms with Gasteiger partial charge in [0.15, 0.2) is 0 Å². The Balaban J connectivity index is 1.42. The van der Waals surface area contributed by atoms with Crippen LogP contribution in [0.2, 0.25) is 0 Å². The first-order chi connectivity index (χ1) is 14.3. The Labute approximate surface area is 170 Å². The molecule has 0 aliphatic heterocycles. The highest BCUT2D eigenvalue weighted by molar-refractivity contribution is 5.97. The average Bonchev–Trinajstić information content (AvgIpc) is 2.78. The molecule has 0 aliphatic carbocycles. The van der Waals surface area contributed by atoms with Gasteiger partial charge < -0.3 is 20.5 Å². The lowest BCUT2D eigenvalue weighted by Crippen LogP contribution is -2.13. The number of para-hydroxylation sites is 1. The summed E-state index contributed by atoms with van der Waals surface area (Å²) in [5.41, 5.74) is 9.58. The highest BCUT2D eigenvalue weighted by Gasteiger charge is 2.08. The lowest BCUT2D eigenvalue weighted by molar-refractivity contribution is 0.306. The van der Waals surface area contributed by atoms with Gasteiger partial charge >= 0.3 is 0 Å². The van der Waals surface area contributed by atoms with Crippen LogP contribution in [0, 0.1) is 0 Å². The van der Waals surface area contributed by atoms with Gasteiger partial charge in [0.1, 0.15) is 24.7 Å². The molecule has 5 heteroatoms. The average molecular weight is 385 g/mol. The number of nitrogens with zero attached hydrogens (tertiary/aromatic N) is 1. The van der Waals surface area contributed by atoms with Crippen LogP contribution in [0.5, 0.6) is 11.5 Å². The van der Waals surface area contributed by atoms with E-state index in [1.165, 1.54) is 0 Å². The molecule has 0 radical (unpaired) electrons. The van der Waals surface area contributed by atoms with Crippen LogP contribution >= 0.6 is 0 Å². The number of benzene rings is 3. The molecule has 0 saturated heterocycles. The van der Waals surface area contributed by atoms with Gasteiger partial charge in [-0.2, -0.15) is 0 Å². The van der Waals surface area contributed by atoms with Gasteiger partial charge in [-0.1, -0.05) is 48.5 Å². The Bertz CT molecular complexity index is 1070. The summed E-state index contributed by atoms with van der Waals surface area (Å²) in [6.45, 7) is 1.68. The van der Waals surface area contributed by atoms with Crippen molar-refractivity contribution in [2.75, 3.05) is 24.2 Å². The number of aromatic nitrogens is 1. The first-order valence-electron chi connectivity index (χ1n) is 9.56. The normalized spacial score (nSPS) is 10.6. The fourth-order valence-electron chi connectivity index (χ4n) is 3.08. The maximum absolute atomic E-state index is 6.16. The molecule has 0 aliphatic rings. The minimum atomic E-state index is 0.517. The Morgan fingerprint density at radius 3 is 2.38 bits per heavy atom. The standard InChI is InChI=1S/C24H23N3O2/c25-22-16-27-23-15-20(29-17-18-7-3-1-4-8-18)11-12-21(23)24(22)26-13-14-28-19-9-5-2-6-10-19/h1-12,15-16H,13-14,17,25H2,(H,26,27). The van der Waals surface area contributed by atoms with Gasteiger partial charge in [0.2, 0.25) is 0 Å². The quantitative estimate of drug-likeness (QED) is 0.423. The van der Waals surface area contributed by atoms with E-state index >= 15 is 0 Å². The molecule has 4 rings (SSSR count). The van der Waals surface area contributed by atoms with Crippen molar-refractivity contribution < 1.29 is 9.47 Å². The summed E-state index contributed by atoms with van der Waals surface area (Å²) in [4.78, 5) is 4.46. The van der Waals surface area contributed by atoms with E-state index in [-0.39, 0.29) is 0 Å². The van der Waals surface area contributed by atoms with Gasteiger partial charge in [0.05, 0.1) is 23.1 Å². The predicted octanol–water partition coefficient (Wildman–Crippen LogP) is 4.89. The molecule has 1 heterocycles. The van der Waals surface area contributed by atoms with E-state index in [2.05, 4.69) is 10.3 Å². The third kappa shape index (κ3) is 4.76. The number of pyridine rings is 1. The first kappa shape index (κ1) is 18.6. The summed E-state index contributed by atoms with van der Waals surface area (Å²) in [7, 11) is 0. The van der Waals surface area contributed by atoms with Crippen LogP contribution in [0.4, 0.5) is 11.4 Å². The zero-order chi connectivity index (χ0) is 19.9. The van der Waals surface area contributed by atoms with Crippen LogP contribution in [-0.4, -0.2) is 18.1 Å². The molecule has 3 N–H and O–H groups in total. The van der Waals surface area contributed by atoms with Crippen molar-refractivity contribution in [2.45, 2.75) is 6.61 Å². The summed E-state index contributed by atoms with van der Waals surface area (Å²) < 4.78 is 11.6. The molecule has 0 atom stereocenters. The van der Waals surface area contributed by atoms with E-state index in [1.807, 2.05) is 78.9 Å². The number of rotatable bonds is 8. The number of nitrogen functional groups attached to an aromatic ring is 1. The summed E-state index contributed by atoms with van der Waals surface area (Å²) in [5, 5.41) is 4.33. The predicted molar refractivity (Wildman–Crippen MR) is 117 cm³/mol. The number of nitrogens with two attached hydrogens (primary N) is 1. The zero-order valence-electron chi connectivity index (χ0n) is 16.0. The molecule has 4 aromatic rings. The van der Waals surface area contributed by atoms with Gasteiger partial charge in [-0.05, 0) is 29.8 Å². The van der Waals surface area contributed by atoms with Crippen molar-refractivity contribution in [3.8, 4) is 11.5 Å². The minimum absolute atomic E-state index is 0.517. The summed E-state index contributed by atoms with van der Waals surface area (Å²) in [6, 6.07) is 25.7. The Morgan fingerprint density at radius 1 is 0.828 bits per heavy atom. The summed E-state index contributed by atoms with van der Waals surface area (Å²) in [6.07, 6.45) is 1.67. The van der Waals surface area contributed by atoms with E-state index in [9.17, 15) is 0 Å². The molecule has 29 heavy (non-hydrogen) atoms. The minimum Gasteiger partial charge on any atom is -0.492 e. The van der Waals surface area contributed by atoms with E-state index in [4.69, 9.17) is 15.2 Å². The lowest BCUT2D eigenvalue weighted by atomic mass is 10.1. The van der Waals surface area contributed by atoms with Crippen molar-refractivity contribution in [1.29, 1.82) is 0 Å². The fraction of sp³-hybridized carbons (Fsp3) is 0.125. The molecule has 1 aromatic heterocycles. The van der Waals surface area contributed by atoms with Crippen molar-refractivity contribution >= 4 is 22.3 Å². The molecule has 0 bridgehead atoms. The molecule has 0 fully saturated rings. The fourth-order valence-corrected chi connectivity index (χ4v) is 3.08. The van der Waals surface area contributed by atoms with E-state index in [0.29, 0.717) is 25.4 Å². The van der Waals surface area contributed by atoms with Crippen molar-refractivity contribution in [3.05, 3.63) is 90.6 Å². The van der Waals surface area contributed by atoms with E-state index in [1.54, 1.807) is 6.20 Å². The summed E-state index contributed by atoms with van der Waals surface area (Å²) in [5.74, 6) is 1.62. The van der Waals surface area contributed by atoms with Crippen LogP contribution in [0.25, 0.3) is 10.9 Å². The number of ether oxygens (including phenoxy) is 2. The van der Waals surface area contributed by atoms with E-state index < -0.39 is 0 Å². The molecular weight excluding hydrogens is 362 g/mol. The SMILES string of the molecule is Nc1cnc2cc(OCc3ccccc3)ccc2c1NCCOc1ccccc1. The first-order valence-corrected chi connectivity index (χ1v) is 9.56. The second-order valence-electron chi connectivity index (χ2n) is 6.63. The highest BCUT2D eigenvalue weighted by Crippen LogP contribution is 2.30. The second-order valence-corrected chi connectivity index (χ2v) is 6.63. The smallest absolute Gasteiger partial charge is 0.122 e. The largest absolute Gasteiger partial charge is 0.492 e. The van der Waals surface area contributed by atoms with Crippen molar-refractivity contribution in [3.63, 3.8) is 0 Å². The molecule has 3 aromatic carbocycles. The third-order valence-electron chi connectivity index (χ3n) is 4.53. The molecule has 0 saturated carbocycles. The van der Waals surface area contributed by atoms with Gasteiger partial charge in [-0.3, -0.25) is 4.98 Å². The molecule has 5 nitrogen and oxygen atoms in total. The van der Waals surface area contributed by atoms with Crippen LogP contribution in [-0.2, 0) is 6.61 Å². The Hall–Kier alpha value is -3.73. The Kier molecular flexibility index (Phi) is 5.76. The number of hydrogen-bond acceptors (Lipinski definition) is 5. The molecule has 0 spiro atoms. The number of hydrogen-bond donors (Lipinski definition) is 2. The van der Waals surface area contributed by atoms with Gasteiger partial charge in [0, 0.05) is 18.0 Å². The third-order valence-corrected chi connectivity index (χ3v) is 4.53.